The van der Waals surface area contributed by atoms with Gasteiger partial charge in [0.1, 0.15) is 5.82 Å². The first-order valence-electron chi connectivity index (χ1n) is 6.32. The number of imide groups is 1. The van der Waals surface area contributed by atoms with Gasteiger partial charge in [-0.25, -0.2) is 9.29 Å². The van der Waals surface area contributed by atoms with Crippen LogP contribution in [-0.2, 0) is 9.59 Å². The van der Waals surface area contributed by atoms with Gasteiger partial charge in [-0.3, -0.25) is 9.59 Å². The molecule has 5 heteroatoms. The van der Waals surface area contributed by atoms with Crippen molar-refractivity contribution in [2.45, 2.75) is 19.8 Å². The third-order valence-corrected chi connectivity index (χ3v) is 4.52. The maximum absolute atomic E-state index is 13.9. The summed E-state index contributed by atoms with van der Waals surface area (Å²) in [6.45, 7) is 2.05. The summed E-state index contributed by atoms with van der Waals surface area (Å²) in [6, 6.07) is 4.38. The molecule has 2 aliphatic rings. The van der Waals surface area contributed by atoms with Crippen molar-refractivity contribution in [3.05, 3.63) is 28.5 Å². The normalized spacial score (nSPS) is 30.1. The molecule has 2 atom stereocenters. The molecular weight excluding hydrogens is 313 g/mol. The van der Waals surface area contributed by atoms with Crippen molar-refractivity contribution < 1.29 is 14.0 Å². The first-order valence-corrected chi connectivity index (χ1v) is 7.11. The van der Waals surface area contributed by atoms with Gasteiger partial charge in [0.25, 0.3) is 0 Å². The number of hydrogen-bond acceptors (Lipinski definition) is 2. The number of amides is 2. The summed E-state index contributed by atoms with van der Waals surface area (Å²) in [6.07, 6.45) is 1.45. The van der Waals surface area contributed by atoms with Gasteiger partial charge in [-0.2, -0.15) is 0 Å². The maximum atomic E-state index is 13.9. The average Bonchev–Trinajstić information content (AvgIpc) is 2.82. The zero-order valence-electron chi connectivity index (χ0n) is 10.4. The Balaban J connectivity index is 1.99. The molecule has 1 aliphatic heterocycles. The van der Waals surface area contributed by atoms with E-state index in [1.165, 1.54) is 12.1 Å². The summed E-state index contributed by atoms with van der Waals surface area (Å²) >= 11 is 3.16. The summed E-state index contributed by atoms with van der Waals surface area (Å²) < 4.78 is 14.5. The van der Waals surface area contributed by atoms with E-state index in [1.54, 1.807) is 6.07 Å². The van der Waals surface area contributed by atoms with Crippen molar-refractivity contribution in [2.24, 2.45) is 17.8 Å². The van der Waals surface area contributed by atoms with Crippen molar-refractivity contribution in [3.63, 3.8) is 0 Å². The molecule has 1 saturated heterocycles. The molecule has 100 valence electrons. The smallest absolute Gasteiger partial charge is 0.237 e. The summed E-state index contributed by atoms with van der Waals surface area (Å²) in [7, 11) is 0. The Labute approximate surface area is 118 Å². The molecule has 0 spiro atoms. The van der Waals surface area contributed by atoms with Gasteiger partial charge in [0, 0.05) is 4.47 Å². The maximum Gasteiger partial charge on any atom is 0.237 e. The second kappa shape index (κ2) is 4.40. The summed E-state index contributed by atoms with van der Waals surface area (Å²) in [5, 5.41) is 0. The molecule has 1 aliphatic carbocycles. The largest absolute Gasteiger partial charge is 0.274 e. The lowest BCUT2D eigenvalue weighted by atomic mass is 10.00. The van der Waals surface area contributed by atoms with Crippen LogP contribution in [0.1, 0.15) is 19.8 Å². The van der Waals surface area contributed by atoms with Crippen LogP contribution in [0.5, 0.6) is 0 Å². The molecule has 0 bridgehead atoms. The first-order chi connectivity index (χ1) is 8.99. The fourth-order valence-corrected chi connectivity index (χ4v) is 3.51. The minimum Gasteiger partial charge on any atom is -0.274 e. The third kappa shape index (κ3) is 1.91. The van der Waals surface area contributed by atoms with Gasteiger partial charge in [0.2, 0.25) is 11.8 Å². The Morgan fingerprint density at radius 2 is 1.79 bits per heavy atom. The van der Waals surface area contributed by atoms with E-state index in [-0.39, 0.29) is 29.3 Å². The summed E-state index contributed by atoms with van der Waals surface area (Å²) in [4.78, 5) is 25.6. The fraction of sp³-hybridized carbons (Fsp3) is 0.429. The number of halogens is 2. The number of anilines is 1. The Kier molecular flexibility index (Phi) is 2.96. The Hall–Kier alpha value is -1.23. The van der Waals surface area contributed by atoms with E-state index in [0.717, 1.165) is 17.7 Å². The van der Waals surface area contributed by atoms with E-state index in [0.29, 0.717) is 10.4 Å². The molecule has 2 fully saturated rings. The Morgan fingerprint density at radius 3 is 2.32 bits per heavy atom. The van der Waals surface area contributed by atoms with Gasteiger partial charge < -0.3 is 0 Å². The van der Waals surface area contributed by atoms with Crippen LogP contribution in [0, 0.1) is 23.6 Å². The number of hydrogen-bond donors (Lipinski definition) is 0. The molecule has 0 aromatic heterocycles. The van der Waals surface area contributed by atoms with E-state index >= 15 is 0 Å². The number of fused-ring (bicyclic) bond motifs is 1. The van der Waals surface area contributed by atoms with Gasteiger partial charge in [-0.05, 0) is 37.0 Å². The third-order valence-electron chi connectivity index (χ3n) is 4.02. The lowest BCUT2D eigenvalue weighted by Crippen LogP contribution is -2.32. The zero-order valence-corrected chi connectivity index (χ0v) is 12.0. The van der Waals surface area contributed by atoms with Crippen molar-refractivity contribution >= 4 is 33.4 Å². The predicted octanol–water partition coefficient (Wildman–Crippen LogP) is 3.12. The molecule has 0 radical (unpaired) electrons. The predicted molar refractivity (Wildman–Crippen MR) is 72.0 cm³/mol. The minimum atomic E-state index is -0.552. The number of carbonyl (C=O) groups excluding carboxylic acids is 2. The molecule has 1 saturated carbocycles. The van der Waals surface area contributed by atoms with Crippen LogP contribution in [-0.4, -0.2) is 11.8 Å². The molecule has 2 amide bonds. The van der Waals surface area contributed by atoms with Crippen LogP contribution in [0.25, 0.3) is 0 Å². The minimum absolute atomic E-state index is 0.0697. The highest BCUT2D eigenvalue weighted by atomic mass is 79.9. The second-order valence-corrected chi connectivity index (χ2v) is 6.31. The highest BCUT2D eigenvalue weighted by molar-refractivity contribution is 9.10. The van der Waals surface area contributed by atoms with Gasteiger partial charge in [0.15, 0.2) is 0 Å². The number of rotatable bonds is 1. The molecule has 1 heterocycles. The van der Waals surface area contributed by atoms with E-state index in [4.69, 9.17) is 0 Å². The number of benzene rings is 1. The van der Waals surface area contributed by atoms with E-state index < -0.39 is 5.82 Å². The molecule has 3 nitrogen and oxygen atoms in total. The van der Waals surface area contributed by atoms with Crippen molar-refractivity contribution in [3.8, 4) is 0 Å². The van der Waals surface area contributed by atoms with Crippen LogP contribution in [0.3, 0.4) is 0 Å². The van der Waals surface area contributed by atoms with Gasteiger partial charge in [0.05, 0.1) is 17.5 Å². The van der Waals surface area contributed by atoms with Gasteiger partial charge in [-0.1, -0.05) is 22.9 Å². The van der Waals surface area contributed by atoms with E-state index in [2.05, 4.69) is 15.9 Å². The van der Waals surface area contributed by atoms with Crippen molar-refractivity contribution in [2.75, 3.05) is 4.90 Å². The number of carbonyl (C=O) groups is 2. The molecule has 3 rings (SSSR count). The van der Waals surface area contributed by atoms with Crippen molar-refractivity contribution in [1.29, 1.82) is 0 Å². The molecule has 0 N–H and O–H groups in total. The van der Waals surface area contributed by atoms with Crippen LogP contribution < -0.4 is 4.90 Å². The standard InChI is InChI=1S/C14H13BrFNO2/c1-7-4-9-10(5-7)14(19)17(13(9)18)12-3-2-8(15)6-11(12)16/h2-3,6-7,9-10H,4-5H2,1H3. The highest BCUT2D eigenvalue weighted by Gasteiger charge is 2.52. The monoisotopic (exact) mass is 325 g/mol. The SMILES string of the molecule is CC1CC2C(=O)N(c3ccc(Br)cc3F)C(=O)C2C1. The van der Waals surface area contributed by atoms with Gasteiger partial charge in [-0.15, -0.1) is 0 Å². The fourth-order valence-electron chi connectivity index (χ4n) is 3.18. The molecule has 2 unspecified atom stereocenters. The van der Waals surface area contributed by atoms with Gasteiger partial charge >= 0.3 is 0 Å². The number of nitrogens with zero attached hydrogens (tertiary/aromatic N) is 1. The Bertz CT molecular complexity index is 551. The summed E-state index contributed by atoms with van der Waals surface area (Å²) in [5.41, 5.74) is 0.0697. The first kappa shape index (κ1) is 12.8. The lowest BCUT2D eigenvalue weighted by Gasteiger charge is -2.17. The second-order valence-electron chi connectivity index (χ2n) is 5.40. The van der Waals surface area contributed by atoms with E-state index in [9.17, 15) is 14.0 Å². The summed E-state index contributed by atoms with van der Waals surface area (Å²) in [5.74, 6) is -1.18. The quantitative estimate of drug-likeness (QED) is 0.744. The zero-order chi connectivity index (χ0) is 13.7. The topological polar surface area (TPSA) is 37.4 Å². The van der Waals surface area contributed by atoms with Crippen LogP contribution in [0.4, 0.5) is 10.1 Å². The van der Waals surface area contributed by atoms with Crippen LogP contribution in [0.15, 0.2) is 22.7 Å². The van der Waals surface area contributed by atoms with E-state index in [1.807, 2.05) is 6.92 Å². The average molecular weight is 326 g/mol. The molecule has 19 heavy (non-hydrogen) atoms. The highest BCUT2D eigenvalue weighted by Crippen LogP contribution is 2.44. The van der Waals surface area contributed by atoms with Crippen molar-refractivity contribution in [1.82, 2.24) is 0 Å². The molecule has 1 aromatic rings. The van der Waals surface area contributed by atoms with Crippen LogP contribution >= 0.6 is 15.9 Å². The lowest BCUT2D eigenvalue weighted by molar-refractivity contribution is -0.123. The van der Waals surface area contributed by atoms with Crippen LogP contribution in [0.2, 0.25) is 0 Å². The molecule has 1 aromatic carbocycles. The molecular formula is C14H13BrFNO2. The Morgan fingerprint density at radius 1 is 1.21 bits per heavy atom.